The third-order valence-corrected chi connectivity index (χ3v) is 4.02. The van der Waals surface area contributed by atoms with Crippen LogP contribution in [0.5, 0.6) is 0 Å². The van der Waals surface area contributed by atoms with E-state index < -0.39 is 0 Å². The van der Waals surface area contributed by atoms with Crippen molar-refractivity contribution in [1.82, 2.24) is 4.90 Å². The summed E-state index contributed by atoms with van der Waals surface area (Å²) in [6.07, 6.45) is 13.2. The molecule has 1 atom stereocenters. The molecule has 0 aromatic carbocycles. The highest BCUT2D eigenvalue weighted by molar-refractivity contribution is 5.80. The Morgan fingerprint density at radius 2 is 1.96 bits per heavy atom. The third kappa shape index (κ3) is 7.89. The fraction of sp³-hybridized carbons (Fsp3) is 0.542. The summed E-state index contributed by atoms with van der Waals surface area (Å²) < 4.78 is 11.8. The van der Waals surface area contributed by atoms with Crippen LogP contribution < -0.4 is 0 Å². The number of amidine groups is 1. The van der Waals surface area contributed by atoms with Gasteiger partial charge in [-0.1, -0.05) is 71.6 Å². The lowest BCUT2D eigenvalue weighted by molar-refractivity contribution is 0.0706. The van der Waals surface area contributed by atoms with Crippen LogP contribution in [-0.4, -0.2) is 43.3 Å². The second-order valence-corrected chi connectivity index (χ2v) is 5.78. The van der Waals surface area contributed by atoms with Gasteiger partial charge in [0.15, 0.2) is 0 Å². The molecule has 0 radical (unpaired) electrons. The number of hydrogen-bond acceptors (Lipinski definition) is 4. The van der Waals surface area contributed by atoms with Crippen molar-refractivity contribution in [1.29, 1.82) is 0 Å². The van der Waals surface area contributed by atoms with Gasteiger partial charge in [-0.05, 0) is 37.5 Å². The fourth-order valence-corrected chi connectivity index (χ4v) is 2.75. The quantitative estimate of drug-likeness (QED) is 0.474. The van der Waals surface area contributed by atoms with E-state index in [0.717, 1.165) is 18.7 Å². The van der Waals surface area contributed by atoms with E-state index in [2.05, 4.69) is 35.5 Å². The average molecular weight is 389 g/mol. The van der Waals surface area contributed by atoms with Crippen molar-refractivity contribution >= 4 is 6.02 Å². The lowest BCUT2D eigenvalue weighted by atomic mass is 10.1. The van der Waals surface area contributed by atoms with Crippen LogP contribution in [-0.2, 0) is 9.47 Å². The zero-order valence-electron chi connectivity index (χ0n) is 19.0. The number of rotatable bonds is 8. The Labute approximate surface area is 173 Å². The first-order valence-corrected chi connectivity index (χ1v) is 10.6. The second kappa shape index (κ2) is 15.9. The summed E-state index contributed by atoms with van der Waals surface area (Å²) >= 11 is 0. The van der Waals surface area contributed by atoms with Crippen molar-refractivity contribution in [2.75, 3.05) is 26.3 Å². The van der Waals surface area contributed by atoms with Crippen LogP contribution in [0.1, 0.15) is 54.9 Å². The first kappa shape index (κ1) is 25.9. The zero-order chi connectivity index (χ0) is 21.4. The molecule has 0 aromatic rings. The Balaban J connectivity index is 0.00000171. The van der Waals surface area contributed by atoms with Crippen molar-refractivity contribution in [3.05, 3.63) is 59.9 Å². The molecule has 2 aliphatic heterocycles. The maximum atomic E-state index is 5.93. The SMILES string of the molecule is C=CC1=C(/C=C\C)CN=C2OC(COC/C(=C/C=C\C)CC)CN21.CC.CC. The summed E-state index contributed by atoms with van der Waals surface area (Å²) in [5.41, 5.74) is 3.54. The van der Waals surface area contributed by atoms with E-state index >= 15 is 0 Å². The van der Waals surface area contributed by atoms with Crippen LogP contribution in [0.15, 0.2) is 64.9 Å². The van der Waals surface area contributed by atoms with Crippen LogP contribution in [0.2, 0.25) is 0 Å². The van der Waals surface area contributed by atoms with E-state index in [9.17, 15) is 0 Å². The van der Waals surface area contributed by atoms with Gasteiger partial charge in [-0.2, -0.15) is 0 Å². The molecule has 158 valence electrons. The normalized spacial score (nSPS) is 18.8. The Kier molecular flexibility index (Phi) is 14.8. The number of nitrogens with zero attached hydrogens (tertiary/aromatic N) is 2. The average Bonchev–Trinajstić information content (AvgIpc) is 3.16. The van der Waals surface area contributed by atoms with Crippen molar-refractivity contribution in [2.24, 2.45) is 4.99 Å². The molecule has 0 bridgehead atoms. The van der Waals surface area contributed by atoms with Crippen molar-refractivity contribution in [3.8, 4) is 0 Å². The number of aliphatic imine (C=N–C) groups is 1. The van der Waals surface area contributed by atoms with Crippen LogP contribution in [0.25, 0.3) is 0 Å². The molecule has 2 heterocycles. The predicted octanol–water partition coefficient (Wildman–Crippen LogP) is 6.05. The zero-order valence-corrected chi connectivity index (χ0v) is 19.0. The van der Waals surface area contributed by atoms with Gasteiger partial charge in [-0.25, -0.2) is 4.99 Å². The van der Waals surface area contributed by atoms with Gasteiger partial charge in [0, 0.05) is 5.70 Å². The molecule has 1 unspecified atom stereocenters. The fourth-order valence-electron chi connectivity index (χ4n) is 2.75. The summed E-state index contributed by atoms with van der Waals surface area (Å²) in [5.74, 6) is 0. The monoisotopic (exact) mass is 388 g/mol. The Hall–Kier alpha value is -2.07. The summed E-state index contributed by atoms with van der Waals surface area (Å²) in [7, 11) is 0. The molecule has 0 N–H and O–H groups in total. The van der Waals surface area contributed by atoms with E-state index in [1.165, 1.54) is 11.1 Å². The van der Waals surface area contributed by atoms with Crippen molar-refractivity contribution in [2.45, 2.75) is 61.0 Å². The topological polar surface area (TPSA) is 34.1 Å². The van der Waals surface area contributed by atoms with E-state index in [1.807, 2.05) is 65.8 Å². The van der Waals surface area contributed by atoms with Gasteiger partial charge in [0.2, 0.25) is 0 Å². The highest BCUT2D eigenvalue weighted by atomic mass is 16.6. The standard InChI is InChI=1S/C20H28N2O2.2C2H6/c1-5-9-11-16(7-3)14-23-15-18-13-22-19(8-4)17(10-6-2)12-21-20(22)24-18;2*1-2/h5-6,8-11,18H,4,7,12-15H2,1-3H3;2*1-2H3/b9-5-,10-6-,16-11+;;. The first-order valence-electron chi connectivity index (χ1n) is 10.6. The summed E-state index contributed by atoms with van der Waals surface area (Å²) in [4.78, 5) is 6.62. The third-order valence-electron chi connectivity index (χ3n) is 4.02. The van der Waals surface area contributed by atoms with Gasteiger partial charge in [0.25, 0.3) is 6.02 Å². The van der Waals surface area contributed by atoms with Crippen LogP contribution in [0, 0.1) is 0 Å². The Morgan fingerprint density at radius 3 is 2.54 bits per heavy atom. The molecule has 0 saturated carbocycles. The summed E-state index contributed by atoms with van der Waals surface area (Å²) in [5, 5.41) is 0. The van der Waals surface area contributed by atoms with Gasteiger partial charge in [0.05, 0.1) is 26.3 Å². The lowest BCUT2D eigenvalue weighted by Gasteiger charge is -2.23. The lowest BCUT2D eigenvalue weighted by Crippen LogP contribution is -2.29. The van der Waals surface area contributed by atoms with E-state index in [4.69, 9.17) is 9.47 Å². The molecule has 2 aliphatic rings. The van der Waals surface area contributed by atoms with E-state index in [0.29, 0.717) is 25.8 Å². The van der Waals surface area contributed by atoms with Crippen LogP contribution in [0.4, 0.5) is 0 Å². The van der Waals surface area contributed by atoms with Crippen molar-refractivity contribution in [3.63, 3.8) is 0 Å². The minimum Gasteiger partial charge on any atom is -0.457 e. The highest BCUT2D eigenvalue weighted by Gasteiger charge is 2.34. The predicted molar refractivity (Wildman–Crippen MR) is 123 cm³/mol. The van der Waals surface area contributed by atoms with Crippen molar-refractivity contribution < 1.29 is 9.47 Å². The van der Waals surface area contributed by atoms with Gasteiger partial charge >= 0.3 is 0 Å². The minimum absolute atomic E-state index is 0.00322. The number of hydrogen-bond donors (Lipinski definition) is 0. The molecule has 1 saturated heterocycles. The summed E-state index contributed by atoms with van der Waals surface area (Å²) in [6, 6.07) is 0.687. The van der Waals surface area contributed by atoms with E-state index in [-0.39, 0.29) is 6.10 Å². The van der Waals surface area contributed by atoms with E-state index in [1.54, 1.807) is 0 Å². The molecule has 0 aliphatic carbocycles. The molecular formula is C24H40N2O2. The molecule has 4 nitrogen and oxygen atoms in total. The van der Waals surface area contributed by atoms with Crippen LogP contribution in [0.3, 0.4) is 0 Å². The smallest absolute Gasteiger partial charge is 0.292 e. The maximum absolute atomic E-state index is 5.93. The molecule has 0 spiro atoms. The van der Waals surface area contributed by atoms with Gasteiger partial charge in [-0.15, -0.1) is 0 Å². The van der Waals surface area contributed by atoms with Gasteiger partial charge < -0.3 is 9.47 Å². The summed E-state index contributed by atoms with van der Waals surface area (Å²) in [6.45, 7) is 20.7. The number of allylic oxidation sites excluding steroid dienone is 5. The van der Waals surface area contributed by atoms with Gasteiger partial charge in [-0.3, -0.25) is 4.90 Å². The number of ether oxygens (including phenoxy) is 2. The Bertz CT molecular complexity index is 598. The molecule has 2 rings (SSSR count). The largest absolute Gasteiger partial charge is 0.457 e. The second-order valence-electron chi connectivity index (χ2n) is 5.78. The molecule has 0 aromatic heterocycles. The Morgan fingerprint density at radius 1 is 1.25 bits per heavy atom. The minimum atomic E-state index is 0.00322. The maximum Gasteiger partial charge on any atom is 0.292 e. The molecule has 1 fully saturated rings. The first-order chi connectivity index (χ1) is 13.7. The highest BCUT2D eigenvalue weighted by Crippen LogP contribution is 2.25. The molecule has 4 heteroatoms. The molecule has 0 amide bonds. The molecular weight excluding hydrogens is 348 g/mol. The van der Waals surface area contributed by atoms with Gasteiger partial charge in [0.1, 0.15) is 6.10 Å². The number of fused-ring (bicyclic) bond motifs is 1. The molecule has 28 heavy (non-hydrogen) atoms. The van der Waals surface area contributed by atoms with Crippen LogP contribution >= 0.6 is 0 Å².